The zero-order valence-electron chi connectivity index (χ0n) is 11.7. The van der Waals surface area contributed by atoms with Gasteiger partial charge < -0.3 is 10.0 Å². The summed E-state index contributed by atoms with van der Waals surface area (Å²) < 4.78 is 0. The first-order chi connectivity index (χ1) is 9.10. The molecule has 114 valence electrons. The Morgan fingerprint density at radius 3 is 2.35 bits per heavy atom. The van der Waals surface area contributed by atoms with Gasteiger partial charge in [0.05, 0.1) is 6.54 Å². The second-order valence-electron chi connectivity index (χ2n) is 4.70. The van der Waals surface area contributed by atoms with Crippen LogP contribution in [0.15, 0.2) is 25.3 Å². The molecule has 1 saturated heterocycles. The van der Waals surface area contributed by atoms with E-state index < -0.39 is 12.0 Å². The highest BCUT2D eigenvalue weighted by atomic mass is 35.5. The number of hydrogen-bond donors (Lipinski definition) is 1. The van der Waals surface area contributed by atoms with Crippen LogP contribution in [0.2, 0.25) is 0 Å². The van der Waals surface area contributed by atoms with Gasteiger partial charge in [0.2, 0.25) is 5.91 Å². The van der Waals surface area contributed by atoms with Crippen molar-refractivity contribution in [3.63, 3.8) is 0 Å². The molecule has 1 aliphatic rings. The Labute approximate surface area is 126 Å². The number of nitrogens with zero attached hydrogens (tertiary/aromatic N) is 2. The van der Waals surface area contributed by atoms with Crippen molar-refractivity contribution in [1.29, 1.82) is 0 Å². The molecule has 0 aliphatic carbocycles. The lowest BCUT2D eigenvalue weighted by Crippen LogP contribution is -2.49. The fourth-order valence-electron chi connectivity index (χ4n) is 2.32. The quantitative estimate of drug-likeness (QED) is 0.725. The van der Waals surface area contributed by atoms with Crippen LogP contribution in [-0.2, 0) is 9.59 Å². The number of aliphatic carboxylic acids is 1. The maximum absolute atomic E-state index is 12.2. The number of hydrogen-bond acceptors (Lipinski definition) is 3. The number of carboxylic acid groups (broad SMARTS) is 1. The third-order valence-electron chi connectivity index (χ3n) is 3.29. The van der Waals surface area contributed by atoms with Crippen LogP contribution in [-0.4, -0.2) is 59.0 Å². The van der Waals surface area contributed by atoms with Gasteiger partial charge in [-0.1, -0.05) is 18.6 Å². The summed E-state index contributed by atoms with van der Waals surface area (Å²) in [5.41, 5.74) is 0. The summed E-state index contributed by atoms with van der Waals surface area (Å²) in [7, 11) is 0. The third-order valence-corrected chi connectivity index (χ3v) is 3.29. The van der Waals surface area contributed by atoms with Gasteiger partial charge in [0.1, 0.15) is 6.04 Å². The first-order valence-electron chi connectivity index (χ1n) is 6.56. The predicted molar refractivity (Wildman–Crippen MR) is 81.1 cm³/mol. The van der Waals surface area contributed by atoms with E-state index in [9.17, 15) is 9.59 Å². The van der Waals surface area contributed by atoms with Crippen LogP contribution in [0, 0.1) is 0 Å². The van der Waals surface area contributed by atoms with Gasteiger partial charge in [-0.3, -0.25) is 14.5 Å². The van der Waals surface area contributed by atoms with Gasteiger partial charge in [-0.05, 0) is 19.4 Å². The summed E-state index contributed by atoms with van der Waals surface area (Å²) in [6.07, 6.45) is 5.79. The Bertz CT molecular complexity index is 350. The largest absolute Gasteiger partial charge is 0.480 e. The standard InChI is InChI=1S/C14H22N2O3.ClH/c1-3-8-15(9-4-2)13(17)11-16-10-6-5-7-12(16)14(18)19;/h3-4,12H,1-2,5-11H2,(H,18,19);1H. The van der Waals surface area contributed by atoms with Crippen molar-refractivity contribution in [1.82, 2.24) is 9.80 Å². The van der Waals surface area contributed by atoms with E-state index in [4.69, 9.17) is 5.11 Å². The molecule has 1 heterocycles. The van der Waals surface area contributed by atoms with E-state index in [0.29, 0.717) is 26.1 Å². The number of carbonyl (C=O) groups excluding carboxylic acids is 1. The Morgan fingerprint density at radius 2 is 1.85 bits per heavy atom. The number of halogens is 1. The number of piperidine rings is 1. The average Bonchev–Trinajstić information content (AvgIpc) is 2.38. The summed E-state index contributed by atoms with van der Waals surface area (Å²) in [5, 5.41) is 9.17. The topological polar surface area (TPSA) is 60.9 Å². The molecule has 1 atom stereocenters. The fourth-order valence-corrected chi connectivity index (χ4v) is 2.32. The summed E-state index contributed by atoms with van der Waals surface area (Å²) in [6, 6.07) is -0.535. The van der Waals surface area contributed by atoms with Gasteiger partial charge in [0, 0.05) is 13.1 Å². The van der Waals surface area contributed by atoms with E-state index >= 15 is 0 Å². The zero-order valence-corrected chi connectivity index (χ0v) is 12.5. The number of carbonyl (C=O) groups is 2. The van der Waals surface area contributed by atoms with Crippen molar-refractivity contribution >= 4 is 24.3 Å². The molecule has 0 aromatic carbocycles. The molecule has 1 unspecified atom stereocenters. The number of carboxylic acids is 1. The van der Waals surface area contributed by atoms with Crippen LogP contribution in [0.4, 0.5) is 0 Å². The van der Waals surface area contributed by atoms with E-state index in [-0.39, 0.29) is 24.9 Å². The molecule has 0 saturated carbocycles. The molecule has 0 radical (unpaired) electrons. The van der Waals surface area contributed by atoms with Crippen LogP contribution in [0.5, 0.6) is 0 Å². The van der Waals surface area contributed by atoms with Gasteiger partial charge in [0.25, 0.3) is 0 Å². The van der Waals surface area contributed by atoms with Crippen molar-refractivity contribution in [2.24, 2.45) is 0 Å². The van der Waals surface area contributed by atoms with E-state index in [2.05, 4.69) is 13.2 Å². The van der Waals surface area contributed by atoms with E-state index in [1.165, 1.54) is 0 Å². The van der Waals surface area contributed by atoms with Crippen molar-refractivity contribution in [2.45, 2.75) is 25.3 Å². The molecule has 1 amide bonds. The highest BCUT2D eigenvalue weighted by Crippen LogP contribution is 2.17. The van der Waals surface area contributed by atoms with Crippen LogP contribution in [0.25, 0.3) is 0 Å². The molecule has 1 N–H and O–H groups in total. The van der Waals surface area contributed by atoms with Crippen molar-refractivity contribution in [2.75, 3.05) is 26.2 Å². The molecule has 1 rings (SSSR count). The number of amides is 1. The molecule has 0 spiro atoms. The first kappa shape index (κ1) is 18.7. The summed E-state index contributed by atoms with van der Waals surface area (Å²) in [5.74, 6) is -0.917. The SMILES string of the molecule is C=CCN(CC=C)C(=O)CN1CCCCC1C(=O)O.Cl. The highest BCUT2D eigenvalue weighted by molar-refractivity contribution is 5.85. The normalized spacial score (nSPS) is 18.7. The van der Waals surface area contributed by atoms with Crippen LogP contribution >= 0.6 is 12.4 Å². The lowest BCUT2D eigenvalue weighted by atomic mass is 10.0. The maximum atomic E-state index is 12.2. The molecule has 0 bridgehead atoms. The second-order valence-corrected chi connectivity index (χ2v) is 4.70. The molecular weight excluding hydrogens is 280 g/mol. The van der Waals surface area contributed by atoms with E-state index in [1.54, 1.807) is 22.0 Å². The van der Waals surface area contributed by atoms with Gasteiger partial charge >= 0.3 is 5.97 Å². The molecule has 1 fully saturated rings. The molecule has 0 aromatic rings. The highest BCUT2D eigenvalue weighted by Gasteiger charge is 2.30. The van der Waals surface area contributed by atoms with Gasteiger partial charge in [-0.15, -0.1) is 25.6 Å². The minimum Gasteiger partial charge on any atom is -0.480 e. The van der Waals surface area contributed by atoms with Gasteiger partial charge in [-0.2, -0.15) is 0 Å². The Kier molecular flexibility index (Phi) is 8.92. The van der Waals surface area contributed by atoms with Crippen LogP contribution in [0.3, 0.4) is 0 Å². The fraction of sp³-hybridized carbons (Fsp3) is 0.571. The zero-order chi connectivity index (χ0) is 14.3. The summed E-state index contributed by atoms with van der Waals surface area (Å²) in [4.78, 5) is 26.7. The summed E-state index contributed by atoms with van der Waals surface area (Å²) >= 11 is 0. The Balaban J connectivity index is 0.00000361. The summed E-state index contributed by atoms with van der Waals surface area (Å²) in [6.45, 7) is 8.96. The molecule has 20 heavy (non-hydrogen) atoms. The Morgan fingerprint density at radius 1 is 1.25 bits per heavy atom. The maximum Gasteiger partial charge on any atom is 0.320 e. The predicted octanol–water partition coefficient (Wildman–Crippen LogP) is 1.55. The van der Waals surface area contributed by atoms with Gasteiger partial charge in [-0.25, -0.2) is 0 Å². The molecule has 6 heteroatoms. The lowest BCUT2D eigenvalue weighted by Gasteiger charge is -2.33. The van der Waals surface area contributed by atoms with Crippen molar-refractivity contribution in [3.05, 3.63) is 25.3 Å². The molecular formula is C14H23ClN2O3. The molecule has 5 nitrogen and oxygen atoms in total. The van der Waals surface area contributed by atoms with Gasteiger partial charge in [0.15, 0.2) is 0 Å². The number of likely N-dealkylation sites (tertiary alicyclic amines) is 1. The minimum absolute atomic E-state index is 0. The minimum atomic E-state index is -0.841. The van der Waals surface area contributed by atoms with Crippen molar-refractivity contribution < 1.29 is 14.7 Å². The van der Waals surface area contributed by atoms with Crippen molar-refractivity contribution in [3.8, 4) is 0 Å². The third kappa shape index (κ3) is 5.35. The lowest BCUT2D eigenvalue weighted by molar-refractivity contribution is -0.146. The van der Waals surface area contributed by atoms with E-state index in [1.807, 2.05) is 0 Å². The molecule has 0 aromatic heterocycles. The number of rotatable bonds is 7. The smallest absolute Gasteiger partial charge is 0.320 e. The Hall–Kier alpha value is -1.33. The van der Waals surface area contributed by atoms with Crippen LogP contribution in [0.1, 0.15) is 19.3 Å². The van der Waals surface area contributed by atoms with E-state index in [0.717, 1.165) is 12.8 Å². The molecule has 1 aliphatic heterocycles. The second kappa shape index (κ2) is 9.55. The average molecular weight is 303 g/mol. The first-order valence-corrected chi connectivity index (χ1v) is 6.56. The van der Waals surface area contributed by atoms with Crippen LogP contribution < -0.4 is 0 Å². The monoisotopic (exact) mass is 302 g/mol.